The Labute approximate surface area is 179 Å². The predicted molar refractivity (Wildman–Crippen MR) is 116 cm³/mol. The summed E-state index contributed by atoms with van der Waals surface area (Å²) in [6.45, 7) is 8.92. The first-order valence-electron chi connectivity index (χ1n) is 10.5. The lowest BCUT2D eigenvalue weighted by Gasteiger charge is -2.26. The van der Waals surface area contributed by atoms with Crippen LogP contribution in [0.1, 0.15) is 66.7 Å². The van der Waals surface area contributed by atoms with E-state index in [1.807, 2.05) is 27.7 Å². The van der Waals surface area contributed by atoms with Crippen LogP contribution in [0.4, 0.5) is 0 Å². The van der Waals surface area contributed by atoms with Crippen molar-refractivity contribution in [1.29, 1.82) is 0 Å². The van der Waals surface area contributed by atoms with Crippen LogP contribution in [0.25, 0.3) is 0 Å². The first-order chi connectivity index (χ1) is 13.9. The van der Waals surface area contributed by atoms with Gasteiger partial charge in [-0.15, -0.1) is 0 Å². The standard InChI is InChI=1S/C19H39N4O6P/c1-7-9-14(17(24)21-13(5)30(27,28)29)22-18(25)15(10-8-2)23-19(26)16(20-6)11-12(3)4/h12-16,20H,7-11H2,1-6H3,(H,21,24)(H,22,25)(H,23,26)(H2,27,28,29)/t13-,14+,15+,16+/m1/s1. The monoisotopic (exact) mass is 450 g/mol. The minimum atomic E-state index is -4.49. The summed E-state index contributed by atoms with van der Waals surface area (Å²) in [4.78, 5) is 56.2. The van der Waals surface area contributed by atoms with Crippen LogP contribution < -0.4 is 21.3 Å². The van der Waals surface area contributed by atoms with E-state index in [2.05, 4.69) is 21.3 Å². The Morgan fingerprint density at radius 3 is 1.53 bits per heavy atom. The Balaban J connectivity index is 5.23. The van der Waals surface area contributed by atoms with E-state index in [0.29, 0.717) is 38.0 Å². The average molecular weight is 451 g/mol. The Bertz CT molecular complexity index is 610. The summed E-state index contributed by atoms with van der Waals surface area (Å²) < 4.78 is 11.3. The fraction of sp³-hybridized carbons (Fsp3) is 0.842. The second kappa shape index (κ2) is 13.7. The van der Waals surface area contributed by atoms with Crippen LogP contribution in [-0.2, 0) is 18.9 Å². The largest absolute Gasteiger partial charge is 0.347 e. The number of likely N-dealkylation sites (N-methyl/N-ethyl adjacent to an activating group) is 1. The molecule has 0 rings (SSSR count). The summed E-state index contributed by atoms with van der Waals surface area (Å²) in [5, 5.41) is 10.6. The molecule has 0 aliphatic carbocycles. The number of amides is 3. The number of rotatable bonds is 14. The van der Waals surface area contributed by atoms with Gasteiger partial charge in [-0.3, -0.25) is 18.9 Å². The van der Waals surface area contributed by atoms with Gasteiger partial charge in [0.15, 0.2) is 0 Å². The lowest BCUT2D eigenvalue weighted by atomic mass is 10.0. The van der Waals surface area contributed by atoms with E-state index in [9.17, 15) is 28.7 Å². The van der Waals surface area contributed by atoms with Crippen LogP contribution in [0.2, 0.25) is 0 Å². The molecule has 176 valence electrons. The van der Waals surface area contributed by atoms with Crippen molar-refractivity contribution in [2.24, 2.45) is 5.92 Å². The summed E-state index contributed by atoms with van der Waals surface area (Å²) in [5.41, 5.74) is 0. The molecule has 0 fully saturated rings. The highest BCUT2D eigenvalue weighted by molar-refractivity contribution is 7.52. The Hall–Kier alpha value is -1.48. The molecule has 30 heavy (non-hydrogen) atoms. The van der Waals surface area contributed by atoms with Gasteiger partial charge in [-0.1, -0.05) is 40.5 Å². The summed E-state index contributed by atoms with van der Waals surface area (Å²) >= 11 is 0. The Kier molecular flexibility index (Phi) is 13.1. The van der Waals surface area contributed by atoms with E-state index in [4.69, 9.17) is 0 Å². The Morgan fingerprint density at radius 2 is 1.20 bits per heavy atom. The van der Waals surface area contributed by atoms with E-state index >= 15 is 0 Å². The van der Waals surface area contributed by atoms with Gasteiger partial charge in [0, 0.05) is 0 Å². The minimum Gasteiger partial charge on any atom is -0.343 e. The van der Waals surface area contributed by atoms with Crippen molar-refractivity contribution in [2.75, 3.05) is 7.05 Å². The molecule has 10 nitrogen and oxygen atoms in total. The van der Waals surface area contributed by atoms with Crippen molar-refractivity contribution in [3.63, 3.8) is 0 Å². The lowest BCUT2D eigenvalue weighted by Crippen LogP contribution is -2.56. The maximum absolute atomic E-state index is 12.8. The van der Waals surface area contributed by atoms with E-state index < -0.39 is 43.3 Å². The van der Waals surface area contributed by atoms with Crippen molar-refractivity contribution in [1.82, 2.24) is 21.3 Å². The second-order valence-corrected chi connectivity index (χ2v) is 9.90. The lowest BCUT2D eigenvalue weighted by molar-refractivity contribution is -0.133. The molecule has 0 heterocycles. The topological polar surface area (TPSA) is 157 Å². The SMILES string of the molecule is CCC[C@H](NC(=O)[C@H](CC(C)C)NC)C(=O)N[C@@H](CCC)C(=O)N[C@@H](C)P(=O)(O)O. The van der Waals surface area contributed by atoms with Gasteiger partial charge in [0.1, 0.15) is 17.9 Å². The van der Waals surface area contributed by atoms with Gasteiger partial charge in [0.2, 0.25) is 17.7 Å². The number of hydrogen-bond acceptors (Lipinski definition) is 5. The van der Waals surface area contributed by atoms with Crippen LogP contribution in [-0.4, -0.2) is 58.5 Å². The molecule has 4 atom stereocenters. The van der Waals surface area contributed by atoms with Gasteiger partial charge in [-0.25, -0.2) is 0 Å². The van der Waals surface area contributed by atoms with Crippen LogP contribution in [0.15, 0.2) is 0 Å². The molecule has 0 aromatic heterocycles. The fourth-order valence-electron chi connectivity index (χ4n) is 2.88. The highest BCUT2D eigenvalue weighted by atomic mass is 31.2. The third-order valence-electron chi connectivity index (χ3n) is 4.65. The highest BCUT2D eigenvalue weighted by Gasteiger charge is 2.31. The van der Waals surface area contributed by atoms with Crippen molar-refractivity contribution >= 4 is 25.3 Å². The average Bonchev–Trinajstić information content (AvgIpc) is 2.63. The zero-order chi connectivity index (χ0) is 23.5. The predicted octanol–water partition coefficient (Wildman–Crippen LogP) is 0.830. The number of carbonyl (C=O) groups is 3. The molecule has 0 unspecified atom stereocenters. The molecular weight excluding hydrogens is 411 g/mol. The fourth-order valence-corrected chi connectivity index (χ4v) is 3.17. The Morgan fingerprint density at radius 1 is 0.800 bits per heavy atom. The molecule has 0 aliphatic rings. The third kappa shape index (κ3) is 10.5. The normalized spacial score (nSPS) is 15.8. The van der Waals surface area contributed by atoms with Crippen LogP contribution in [0, 0.1) is 5.92 Å². The van der Waals surface area contributed by atoms with Crippen LogP contribution in [0.5, 0.6) is 0 Å². The molecule has 0 radical (unpaired) electrons. The molecule has 0 saturated carbocycles. The van der Waals surface area contributed by atoms with E-state index in [1.165, 1.54) is 6.92 Å². The van der Waals surface area contributed by atoms with Gasteiger partial charge < -0.3 is 31.1 Å². The molecule has 0 spiro atoms. The molecule has 0 aromatic carbocycles. The van der Waals surface area contributed by atoms with E-state index in [0.717, 1.165) is 0 Å². The van der Waals surface area contributed by atoms with Gasteiger partial charge in [0.05, 0.1) is 6.04 Å². The maximum Gasteiger partial charge on any atom is 0.347 e. The molecule has 6 N–H and O–H groups in total. The summed E-state index contributed by atoms with van der Waals surface area (Å²) in [7, 11) is -2.80. The first kappa shape index (κ1) is 28.5. The van der Waals surface area contributed by atoms with Crippen molar-refractivity contribution in [2.45, 2.75) is 90.6 Å². The summed E-state index contributed by atoms with van der Waals surface area (Å²) in [5.74, 6) is -2.52. The second-order valence-electron chi connectivity index (χ2n) is 7.94. The molecule has 0 aliphatic heterocycles. The zero-order valence-corrected chi connectivity index (χ0v) is 19.8. The summed E-state index contributed by atoms with van der Waals surface area (Å²) in [6, 6.07) is -2.20. The highest BCUT2D eigenvalue weighted by Crippen LogP contribution is 2.39. The van der Waals surface area contributed by atoms with Crippen molar-refractivity contribution < 1.29 is 28.7 Å². The first-order valence-corrected chi connectivity index (χ1v) is 12.2. The van der Waals surface area contributed by atoms with Gasteiger partial charge in [-0.05, 0) is 39.2 Å². The van der Waals surface area contributed by atoms with Gasteiger partial charge in [-0.2, -0.15) is 0 Å². The molecule has 11 heteroatoms. The number of nitrogens with one attached hydrogen (secondary N) is 4. The van der Waals surface area contributed by atoms with Crippen molar-refractivity contribution in [3.8, 4) is 0 Å². The van der Waals surface area contributed by atoms with Crippen molar-refractivity contribution in [3.05, 3.63) is 0 Å². The third-order valence-corrected chi connectivity index (χ3v) is 5.79. The summed E-state index contributed by atoms with van der Waals surface area (Å²) in [6.07, 6.45) is 2.53. The molecule has 0 bridgehead atoms. The van der Waals surface area contributed by atoms with Gasteiger partial charge in [0.25, 0.3) is 0 Å². The number of hydrogen-bond donors (Lipinski definition) is 6. The van der Waals surface area contributed by atoms with E-state index in [1.54, 1.807) is 7.05 Å². The molecule has 3 amide bonds. The minimum absolute atomic E-state index is 0.286. The van der Waals surface area contributed by atoms with E-state index in [-0.39, 0.29) is 5.91 Å². The molecule has 0 aromatic rings. The molecular formula is C19H39N4O6P. The zero-order valence-electron chi connectivity index (χ0n) is 18.9. The van der Waals surface area contributed by atoms with Crippen LogP contribution >= 0.6 is 7.60 Å². The smallest absolute Gasteiger partial charge is 0.343 e. The maximum atomic E-state index is 12.8. The quantitative estimate of drug-likeness (QED) is 0.214. The number of carbonyl (C=O) groups excluding carboxylic acids is 3. The van der Waals surface area contributed by atoms with Crippen LogP contribution in [0.3, 0.4) is 0 Å². The van der Waals surface area contributed by atoms with Gasteiger partial charge >= 0.3 is 7.60 Å². The molecule has 0 saturated heterocycles.